The van der Waals surface area contributed by atoms with Crippen LogP contribution in [0.4, 0.5) is 0 Å². The zero-order valence-electron chi connectivity index (χ0n) is 8.08. The average molecular weight is 204 g/mol. The molecule has 0 aliphatic carbocycles. The van der Waals surface area contributed by atoms with E-state index < -0.39 is 0 Å². The summed E-state index contributed by atoms with van der Waals surface area (Å²) >= 11 is 0. The number of nitrogens with zero attached hydrogens (tertiary/aromatic N) is 1. The van der Waals surface area contributed by atoms with Crippen molar-refractivity contribution >= 4 is 19.8 Å². The molecular formula is C10H11BNO3. The van der Waals surface area contributed by atoms with Gasteiger partial charge in [-0.05, 0) is 5.56 Å². The Labute approximate surface area is 88.9 Å². The van der Waals surface area contributed by atoms with E-state index in [4.69, 9.17) is 10.0 Å². The van der Waals surface area contributed by atoms with Crippen LogP contribution < -0.4 is 0 Å². The molecule has 0 fully saturated rings. The van der Waals surface area contributed by atoms with Crippen LogP contribution in [0.2, 0.25) is 0 Å². The van der Waals surface area contributed by atoms with Gasteiger partial charge in [-0.2, -0.15) is 0 Å². The van der Waals surface area contributed by atoms with Crippen molar-refractivity contribution in [1.82, 2.24) is 0 Å². The van der Waals surface area contributed by atoms with Crippen molar-refractivity contribution < 1.29 is 14.8 Å². The monoisotopic (exact) mass is 204 g/mol. The van der Waals surface area contributed by atoms with E-state index in [1.54, 1.807) is 0 Å². The first-order valence-electron chi connectivity index (χ1n) is 4.20. The minimum atomic E-state index is 0. The van der Waals surface area contributed by atoms with Crippen LogP contribution in [0.3, 0.4) is 0 Å². The maximum absolute atomic E-state index is 9.69. The largest absolute Gasteiger partial charge is 0.482 e. The van der Waals surface area contributed by atoms with E-state index in [0.29, 0.717) is 6.54 Å². The Kier molecular flexibility index (Phi) is 9.24. The summed E-state index contributed by atoms with van der Waals surface area (Å²) in [7, 11) is 0. The normalized spacial score (nSPS) is 8.67. The standard InChI is InChI=1S/C10H9NO.BH2O2/c12-9-11-8-4-7-10-5-2-1-3-6-10;2-1-3/h1-7H,8H2;2-3H. The molecule has 0 unspecified atom stereocenters. The molecule has 0 heterocycles. The number of isocyanates is 1. The Bertz CT molecular complexity index is 321. The summed E-state index contributed by atoms with van der Waals surface area (Å²) in [5.41, 5.74) is 1.11. The summed E-state index contributed by atoms with van der Waals surface area (Å²) in [5.74, 6) is 0. The van der Waals surface area contributed by atoms with E-state index in [2.05, 4.69) is 4.99 Å². The number of aliphatic imine (C=N–C) groups is 1. The van der Waals surface area contributed by atoms with Gasteiger partial charge in [-0.3, -0.25) is 0 Å². The Hall–Kier alpha value is -1.68. The summed E-state index contributed by atoms with van der Waals surface area (Å²) in [4.78, 5) is 13.1. The molecule has 1 radical (unpaired) electrons. The fourth-order valence-electron chi connectivity index (χ4n) is 0.843. The Morgan fingerprint density at radius 2 is 1.93 bits per heavy atom. The Morgan fingerprint density at radius 3 is 2.47 bits per heavy atom. The highest BCUT2D eigenvalue weighted by Crippen LogP contribution is 1.99. The Morgan fingerprint density at radius 1 is 1.33 bits per heavy atom. The lowest BCUT2D eigenvalue weighted by Gasteiger charge is -1.88. The third-order valence-corrected chi connectivity index (χ3v) is 1.37. The van der Waals surface area contributed by atoms with E-state index in [9.17, 15) is 4.79 Å². The first kappa shape index (κ1) is 13.3. The van der Waals surface area contributed by atoms with Crippen LogP contribution in [0.5, 0.6) is 0 Å². The van der Waals surface area contributed by atoms with Crippen molar-refractivity contribution in [2.45, 2.75) is 0 Å². The SMILES string of the molecule is O=C=NCC=Cc1ccccc1.O[B]O. The predicted octanol–water partition coefficient (Wildman–Crippen LogP) is 0.541. The lowest BCUT2D eigenvalue weighted by atomic mass is 10.2. The van der Waals surface area contributed by atoms with Crippen molar-refractivity contribution in [2.75, 3.05) is 6.54 Å². The molecule has 0 spiro atoms. The van der Waals surface area contributed by atoms with Crippen LogP contribution in [0, 0.1) is 0 Å². The van der Waals surface area contributed by atoms with Gasteiger partial charge in [0.25, 0.3) is 0 Å². The average Bonchev–Trinajstić information content (AvgIpc) is 2.27. The Balaban J connectivity index is 0.000000583. The van der Waals surface area contributed by atoms with Gasteiger partial charge in [0, 0.05) is 0 Å². The van der Waals surface area contributed by atoms with Gasteiger partial charge < -0.3 is 10.0 Å². The number of rotatable bonds is 3. The molecule has 5 heteroatoms. The fourth-order valence-corrected chi connectivity index (χ4v) is 0.843. The molecule has 1 aromatic rings. The molecule has 1 aromatic carbocycles. The summed E-state index contributed by atoms with van der Waals surface area (Å²) in [5, 5.41) is 14.0. The van der Waals surface area contributed by atoms with Crippen molar-refractivity contribution in [1.29, 1.82) is 0 Å². The predicted molar refractivity (Wildman–Crippen MR) is 58.7 cm³/mol. The molecule has 0 atom stereocenters. The van der Waals surface area contributed by atoms with Crippen molar-refractivity contribution in [2.24, 2.45) is 4.99 Å². The van der Waals surface area contributed by atoms with Gasteiger partial charge in [-0.1, -0.05) is 42.5 Å². The second-order valence-corrected chi connectivity index (χ2v) is 2.36. The first-order valence-corrected chi connectivity index (χ1v) is 4.20. The second-order valence-electron chi connectivity index (χ2n) is 2.36. The summed E-state index contributed by atoms with van der Waals surface area (Å²) in [6.07, 6.45) is 5.21. The van der Waals surface area contributed by atoms with E-state index in [1.807, 2.05) is 42.5 Å². The molecule has 0 aromatic heterocycles. The summed E-state index contributed by atoms with van der Waals surface area (Å²) in [6.45, 7) is 0.401. The highest BCUT2D eigenvalue weighted by Gasteiger charge is 1.80. The van der Waals surface area contributed by atoms with Crippen LogP contribution in [0.25, 0.3) is 6.08 Å². The van der Waals surface area contributed by atoms with E-state index in [0.717, 1.165) is 5.56 Å². The van der Waals surface area contributed by atoms with E-state index in [-0.39, 0.29) is 7.69 Å². The van der Waals surface area contributed by atoms with Gasteiger partial charge in [-0.25, -0.2) is 9.79 Å². The third-order valence-electron chi connectivity index (χ3n) is 1.37. The molecule has 0 bridgehead atoms. The molecule has 4 nitrogen and oxygen atoms in total. The van der Waals surface area contributed by atoms with Crippen LogP contribution in [-0.4, -0.2) is 30.4 Å². The smallest absolute Gasteiger partial charge is 0.429 e. The second kappa shape index (κ2) is 10.4. The van der Waals surface area contributed by atoms with Crippen LogP contribution >= 0.6 is 0 Å². The zero-order valence-corrected chi connectivity index (χ0v) is 8.08. The minimum Gasteiger partial charge on any atom is -0.429 e. The van der Waals surface area contributed by atoms with Crippen LogP contribution in [-0.2, 0) is 4.79 Å². The molecule has 2 N–H and O–H groups in total. The minimum absolute atomic E-state index is 0. The lowest BCUT2D eigenvalue weighted by Crippen LogP contribution is -1.75. The van der Waals surface area contributed by atoms with Crippen molar-refractivity contribution in [3.63, 3.8) is 0 Å². The molecule has 15 heavy (non-hydrogen) atoms. The van der Waals surface area contributed by atoms with Crippen molar-refractivity contribution in [3.8, 4) is 0 Å². The number of benzene rings is 1. The molecule has 0 saturated heterocycles. The highest BCUT2D eigenvalue weighted by atomic mass is 16.4. The van der Waals surface area contributed by atoms with Gasteiger partial charge >= 0.3 is 7.69 Å². The molecule has 1 rings (SSSR count). The first-order chi connectivity index (χ1) is 7.35. The number of carbonyl (C=O) groups excluding carboxylic acids is 1. The van der Waals surface area contributed by atoms with Gasteiger partial charge in [-0.15, -0.1) is 0 Å². The van der Waals surface area contributed by atoms with Gasteiger partial charge in [0.05, 0.1) is 6.54 Å². The summed E-state index contributed by atoms with van der Waals surface area (Å²) < 4.78 is 0. The highest BCUT2D eigenvalue weighted by molar-refractivity contribution is 6.13. The maximum Gasteiger partial charge on any atom is 0.482 e. The van der Waals surface area contributed by atoms with Gasteiger partial charge in [0.1, 0.15) is 0 Å². The molecule has 0 amide bonds. The lowest BCUT2D eigenvalue weighted by molar-refractivity contribution is 0.448. The van der Waals surface area contributed by atoms with Gasteiger partial charge in [0.15, 0.2) is 0 Å². The van der Waals surface area contributed by atoms with Crippen LogP contribution in [0.15, 0.2) is 41.4 Å². The van der Waals surface area contributed by atoms with E-state index in [1.165, 1.54) is 6.08 Å². The topological polar surface area (TPSA) is 69.9 Å². The maximum atomic E-state index is 9.69. The molecular weight excluding hydrogens is 193 g/mol. The number of hydrogen-bond donors (Lipinski definition) is 2. The molecule has 0 saturated carbocycles. The molecule has 0 aliphatic heterocycles. The quantitative estimate of drug-likeness (QED) is 0.428. The zero-order chi connectivity index (χ0) is 11.4. The fraction of sp³-hybridized carbons (Fsp3) is 0.100. The van der Waals surface area contributed by atoms with Gasteiger partial charge in [0.2, 0.25) is 6.08 Å². The van der Waals surface area contributed by atoms with E-state index >= 15 is 0 Å². The number of hydrogen-bond acceptors (Lipinski definition) is 4. The van der Waals surface area contributed by atoms with Crippen molar-refractivity contribution in [3.05, 3.63) is 42.0 Å². The summed E-state index contributed by atoms with van der Waals surface area (Å²) in [6, 6.07) is 9.86. The third kappa shape index (κ3) is 8.65. The molecule has 0 aliphatic rings. The molecule has 77 valence electrons. The van der Waals surface area contributed by atoms with Crippen LogP contribution in [0.1, 0.15) is 5.56 Å².